The first kappa shape index (κ1) is 15.2. The smallest absolute Gasteiger partial charge is 0.107 e. The van der Waals surface area contributed by atoms with Gasteiger partial charge in [0, 0.05) is 17.8 Å². The van der Waals surface area contributed by atoms with E-state index in [0.29, 0.717) is 0 Å². The van der Waals surface area contributed by atoms with Crippen LogP contribution in [0, 0.1) is 0 Å². The van der Waals surface area contributed by atoms with Gasteiger partial charge in [-0.1, -0.05) is 54.1 Å². The zero-order valence-electron chi connectivity index (χ0n) is 12.1. The molecule has 0 unspecified atom stereocenters. The summed E-state index contributed by atoms with van der Waals surface area (Å²) in [5.74, 6) is 0. The van der Waals surface area contributed by atoms with Crippen molar-refractivity contribution in [3.05, 3.63) is 76.4 Å². The van der Waals surface area contributed by atoms with Crippen molar-refractivity contribution in [2.24, 2.45) is 0 Å². The summed E-state index contributed by atoms with van der Waals surface area (Å²) >= 11 is 7.74. The highest BCUT2D eigenvalue weighted by Crippen LogP contribution is 2.27. The Labute approximate surface area is 139 Å². The van der Waals surface area contributed by atoms with Gasteiger partial charge in [-0.3, -0.25) is 0 Å². The Bertz CT molecular complexity index is 725. The first-order chi connectivity index (χ1) is 10.8. The fourth-order valence-corrected chi connectivity index (χ4v) is 3.31. The molecule has 1 heterocycles. The molecule has 0 spiro atoms. The van der Waals surface area contributed by atoms with E-state index in [4.69, 9.17) is 11.6 Å². The fraction of sp³-hybridized carbons (Fsp3) is 0.167. The highest BCUT2D eigenvalue weighted by molar-refractivity contribution is 7.15. The molecule has 0 aliphatic carbocycles. The van der Waals surface area contributed by atoms with Crippen LogP contribution in [0.4, 0.5) is 0 Å². The van der Waals surface area contributed by atoms with Gasteiger partial charge >= 0.3 is 0 Å². The Morgan fingerprint density at radius 3 is 2.73 bits per heavy atom. The van der Waals surface area contributed by atoms with Crippen LogP contribution in [0.5, 0.6) is 0 Å². The zero-order chi connectivity index (χ0) is 15.2. The molecule has 3 aromatic rings. The Kier molecular flexibility index (Phi) is 5.22. The van der Waals surface area contributed by atoms with Gasteiger partial charge in [-0.15, -0.1) is 11.3 Å². The largest absolute Gasteiger partial charge is 0.310 e. The van der Waals surface area contributed by atoms with Crippen molar-refractivity contribution in [3.8, 4) is 10.4 Å². The molecule has 0 atom stereocenters. The maximum absolute atomic E-state index is 6.03. The van der Waals surface area contributed by atoms with Gasteiger partial charge in [0.15, 0.2) is 0 Å². The van der Waals surface area contributed by atoms with Gasteiger partial charge < -0.3 is 5.32 Å². The maximum atomic E-state index is 6.03. The van der Waals surface area contributed by atoms with Gasteiger partial charge in [0.1, 0.15) is 5.01 Å². The Morgan fingerprint density at radius 1 is 1.05 bits per heavy atom. The topological polar surface area (TPSA) is 24.9 Å². The second-order valence-corrected chi connectivity index (χ2v) is 6.59. The van der Waals surface area contributed by atoms with Gasteiger partial charge in [-0.05, 0) is 36.2 Å². The van der Waals surface area contributed by atoms with Gasteiger partial charge in [0.25, 0.3) is 0 Å². The van der Waals surface area contributed by atoms with E-state index >= 15 is 0 Å². The monoisotopic (exact) mass is 328 g/mol. The normalized spacial score (nSPS) is 10.8. The number of hydrogen-bond donors (Lipinski definition) is 1. The summed E-state index contributed by atoms with van der Waals surface area (Å²) < 4.78 is 0. The van der Waals surface area contributed by atoms with E-state index in [0.717, 1.165) is 40.0 Å². The molecule has 0 amide bonds. The van der Waals surface area contributed by atoms with Crippen molar-refractivity contribution in [1.82, 2.24) is 10.3 Å². The molecule has 0 fully saturated rings. The van der Waals surface area contributed by atoms with Crippen molar-refractivity contribution in [2.75, 3.05) is 6.54 Å². The molecular weight excluding hydrogens is 312 g/mol. The molecule has 2 aromatic carbocycles. The molecule has 2 nitrogen and oxygen atoms in total. The number of rotatable bonds is 6. The van der Waals surface area contributed by atoms with E-state index in [9.17, 15) is 0 Å². The predicted octanol–water partition coefficient (Wildman–Crippen LogP) is 4.80. The van der Waals surface area contributed by atoms with Crippen LogP contribution < -0.4 is 5.32 Å². The molecule has 4 heteroatoms. The Hall–Kier alpha value is -1.68. The summed E-state index contributed by atoms with van der Waals surface area (Å²) in [6.07, 6.45) is 2.96. The van der Waals surface area contributed by atoms with E-state index in [1.807, 2.05) is 30.5 Å². The standard InChI is InChI=1S/C18H17ClN2S/c19-16-8-4-7-15(11-16)17-12-21-18(22-17)13-20-10-9-14-5-2-1-3-6-14/h1-8,11-12,20H,9-10,13H2. The molecule has 112 valence electrons. The average Bonchev–Trinajstić information content (AvgIpc) is 3.02. The Morgan fingerprint density at radius 2 is 1.91 bits per heavy atom. The average molecular weight is 329 g/mol. The zero-order valence-corrected chi connectivity index (χ0v) is 13.7. The van der Waals surface area contributed by atoms with Crippen molar-refractivity contribution in [2.45, 2.75) is 13.0 Å². The molecule has 0 radical (unpaired) electrons. The molecule has 22 heavy (non-hydrogen) atoms. The van der Waals surface area contributed by atoms with Crippen LogP contribution in [0.2, 0.25) is 5.02 Å². The van der Waals surface area contributed by atoms with Crippen LogP contribution in [0.3, 0.4) is 0 Å². The molecule has 0 saturated heterocycles. The molecule has 1 aromatic heterocycles. The van der Waals surface area contributed by atoms with Crippen LogP contribution in [0.15, 0.2) is 60.8 Å². The summed E-state index contributed by atoms with van der Waals surface area (Å²) in [5.41, 5.74) is 2.48. The van der Waals surface area contributed by atoms with E-state index in [-0.39, 0.29) is 0 Å². The van der Waals surface area contributed by atoms with Crippen LogP contribution >= 0.6 is 22.9 Å². The maximum Gasteiger partial charge on any atom is 0.107 e. The van der Waals surface area contributed by atoms with Gasteiger partial charge in [0.05, 0.1) is 4.88 Å². The van der Waals surface area contributed by atoms with Crippen molar-refractivity contribution in [3.63, 3.8) is 0 Å². The quantitative estimate of drug-likeness (QED) is 0.658. The number of hydrogen-bond acceptors (Lipinski definition) is 3. The molecule has 3 rings (SSSR count). The van der Waals surface area contributed by atoms with E-state index < -0.39 is 0 Å². The van der Waals surface area contributed by atoms with E-state index in [2.05, 4.69) is 40.6 Å². The van der Waals surface area contributed by atoms with Crippen LogP contribution in [-0.4, -0.2) is 11.5 Å². The number of aromatic nitrogens is 1. The summed E-state index contributed by atoms with van der Waals surface area (Å²) in [6.45, 7) is 1.76. The van der Waals surface area contributed by atoms with E-state index in [1.165, 1.54) is 5.56 Å². The number of halogens is 1. The highest BCUT2D eigenvalue weighted by Gasteiger charge is 2.04. The van der Waals surface area contributed by atoms with Gasteiger partial charge in [-0.25, -0.2) is 4.98 Å². The van der Waals surface area contributed by atoms with E-state index in [1.54, 1.807) is 11.3 Å². The summed E-state index contributed by atoms with van der Waals surface area (Å²) in [7, 11) is 0. The minimum atomic E-state index is 0.758. The summed E-state index contributed by atoms with van der Waals surface area (Å²) in [4.78, 5) is 5.63. The number of thiazole rings is 1. The summed E-state index contributed by atoms with van der Waals surface area (Å²) in [5, 5.41) is 5.31. The number of nitrogens with zero attached hydrogens (tertiary/aromatic N) is 1. The minimum absolute atomic E-state index is 0.758. The highest BCUT2D eigenvalue weighted by atomic mass is 35.5. The molecular formula is C18H17ClN2S. The first-order valence-corrected chi connectivity index (χ1v) is 8.46. The van der Waals surface area contributed by atoms with Crippen molar-refractivity contribution < 1.29 is 0 Å². The molecule has 0 bridgehead atoms. The second kappa shape index (κ2) is 7.54. The van der Waals surface area contributed by atoms with Gasteiger partial charge in [0.2, 0.25) is 0 Å². The van der Waals surface area contributed by atoms with Crippen LogP contribution in [0.1, 0.15) is 10.6 Å². The van der Waals surface area contributed by atoms with Crippen molar-refractivity contribution >= 4 is 22.9 Å². The van der Waals surface area contributed by atoms with Crippen molar-refractivity contribution in [1.29, 1.82) is 0 Å². The third kappa shape index (κ3) is 4.17. The summed E-state index contributed by atoms with van der Waals surface area (Å²) in [6, 6.07) is 18.4. The second-order valence-electron chi connectivity index (χ2n) is 5.04. The number of benzene rings is 2. The minimum Gasteiger partial charge on any atom is -0.310 e. The lowest BCUT2D eigenvalue weighted by Crippen LogP contribution is -2.16. The van der Waals surface area contributed by atoms with Crippen LogP contribution in [-0.2, 0) is 13.0 Å². The third-order valence-electron chi connectivity index (χ3n) is 3.37. The lowest BCUT2D eigenvalue weighted by Gasteiger charge is -2.02. The first-order valence-electron chi connectivity index (χ1n) is 7.26. The molecule has 0 saturated carbocycles. The molecule has 0 aliphatic heterocycles. The Balaban J connectivity index is 1.52. The molecule has 1 N–H and O–H groups in total. The lowest BCUT2D eigenvalue weighted by molar-refractivity contribution is 0.684. The fourth-order valence-electron chi connectivity index (χ4n) is 2.24. The van der Waals surface area contributed by atoms with Gasteiger partial charge in [-0.2, -0.15) is 0 Å². The molecule has 0 aliphatic rings. The third-order valence-corrected chi connectivity index (χ3v) is 4.65. The SMILES string of the molecule is Clc1cccc(-c2cnc(CNCCc3ccccc3)s2)c1. The lowest BCUT2D eigenvalue weighted by atomic mass is 10.1. The number of nitrogens with one attached hydrogen (secondary N) is 1. The van der Waals surface area contributed by atoms with Crippen LogP contribution in [0.25, 0.3) is 10.4 Å². The predicted molar refractivity (Wildman–Crippen MR) is 94.4 cm³/mol.